The normalized spacial score (nSPS) is 19.6. The van der Waals surface area contributed by atoms with Gasteiger partial charge in [0, 0.05) is 45.0 Å². The molecular weight excluding hydrogens is 392 g/mol. The van der Waals surface area contributed by atoms with E-state index in [-0.39, 0.29) is 11.7 Å². The van der Waals surface area contributed by atoms with Crippen molar-refractivity contribution in [3.63, 3.8) is 0 Å². The summed E-state index contributed by atoms with van der Waals surface area (Å²) in [6, 6.07) is 1.96. The molecule has 8 heteroatoms. The highest BCUT2D eigenvalue weighted by Crippen LogP contribution is 2.32. The lowest BCUT2D eigenvalue weighted by Gasteiger charge is -2.33. The molecule has 0 radical (unpaired) electrons. The fourth-order valence-corrected chi connectivity index (χ4v) is 4.49. The first-order chi connectivity index (χ1) is 15.0. The molecule has 162 valence electrons. The minimum Gasteiger partial charge on any atom is -0.370 e. The second-order valence-corrected chi connectivity index (χ2v) is 8.47. The molecule has 4 heterocycles. The quantitative estimate of drug-likeness (QED) is 0.648. The average Bonchev–Trinajstić information content (AvgIpc) is 3.24. The van der Waals surface area contributed by atoms with Crippen molar-refractivity contribution in [1.29, 1.82) is 0 Å². The molecule has 1 fully saturated rings. The molecule has 0 aromatic carbocycles. The van der Waals surface area contributed by atoms with E-state index >= 15 is 0 Å². The molecule has 1 aliphatic carbocycles. The number of hydrogen-bond donors (Lipinski definition) is 0. The maximum Gasteiger partial charge on any atom is 0.263 e. The van der Waals surface area contributed by atoms with E-state index in [2.05, 4.69) is 16.1 Å². The van der Waals surface area contributed by atoms with Crippen LogP contribution in [0.5, 0.6) is 0 Å². The Balaban J connectivity index is 1.61. The Morgan fingerprint density at radius 2 is 2.06 bits per heavy atom. The molecule has 5 rings (SSSR count). The van der Waals surface area contributed by atoms with Gasteiger partial charge in [0.25, 0.3) is 5.56 Å². The van der Waals surface area contributed by atoms with Gasteiger partial charge in [-0.1, -0.05) is 6.08 Å². The van der Waals surface area contributed by atoms with E-state index in [0.717, 1.165) is 54.0 Å². The minimum absolute atomic E-state index is 0.0294. The lowest BCUT2D eigenvalue weighted by Crippen LogP contribution is -2.39. The summed E-state index contributed by atoms with van der Waals surface area (Å²) in [7, 11) is 3.69. The van der Waals surface area contributed by atoms with Crippen molar-refractivity contribution in [3.8, 4) is 0 Å². The van der Waals surface area contributed by atoms with E-state index in [4.69, 9.17) is 14.7 Å². The number of aryl methyl sites for hydroxylation is 2. The maximum atomic E-state index is 13.2. The second kappa shape index (κ2) is 7.92. The lowest BCUT2D eigenvalue weighted by molar-refractivity contribution is 0.0395. The largest absolute Gasteiger partial charge is 0.370 e. The smallest absolute Gasteiger partial charge is 0.263 e. The molecule has 1 saturated heterocycles. The summed E-state index contributed by atoms with van der Waals surface area (Å²) in [6.07, 6.45) is 10.3. The number of morpholine rings is 1. The first-order valence-corrected chi connectivity index (χ1v) is 10.9. The number of pyridine rings is 1. The van der Waals surface area contributed by atoms with Crippen LogP contribution < -0.4 is 10.5 Å². The van der Waals surface area contributed by atoms with E-state index in [1.54, 1.807) is 16.3 Å². The number of nitrogens with zero attached hydrogens (tertiary/aromatic N) is 6. The summed E-state index contributed by atoms with van der Waals surface area (Å²) in [6.45, 7) is 3.91. The Labute approximate surface area is 181 Å². The Hall–Kier alpha value is -3.00. The van der Waals surface area contributed by atoms with E-state index in [1.807, 2.05) is 32.4 Å². The number of ether oxygens (including phenoxy) is 1. The molecular formula is C23H28N6O2. The molecule has 0 amide bonds. The zero-order valence-corrected chi connectivity index (χ0v) is 18.3. The SMILES string of the molecule is Cc1nc2cc(N3CCOC(c4cnn(C)c4)C3)nc(C3=CCCCC3)c2c(=O)n1C. The van der Waals surface area contributed by atoms with Crippen molar-refractivity contribution in [2.45, 2.75) is 38.7 Å². The van der Waals surface area contributed by atoms with Gasteiger partial charge in [-0.2, -0.15) is 5.10 Å². The molecule has 1 atom stereocenters. The Bertz CT molecular complexity index is 1220. The molecule has 31 heavy (non-hydrogen) atoms. The summed E-state index contributed by atoms with van der Waals surface area (Å²) in [5, 5.41) is 4.91. The van der Waals surface area contributed by atoms with Crippen LogP contribution >= 0.6 is 0 Å². The number of anilines is 1. The van der Waals surface area contributed by atoms with Crippen LogP contribution in [-0.4, -0.2) is 44.0 Å². The van der Waals surface area contributed by atoms with E-state index in [0.29, 0.717) is 24.4 Å². The van der Waals surface area contributed by atoms with E-state index in [1.165, 1.54) is 6.42 Å². The third-order valence-electron chi connectivity index (χ3n) is 6.35. The van der Waals surface area contributed by atoms with Gasteiger partial charge in [0.1, 0.15) is 17.7 Å². The number of fused-ring (bicyclic) bond motifs is 1. The van der Waals surface area contributed by atoms with Gasteiger partial charge >= 0.3 is 0 Å². The number of rotatable bonds is 3. The van der Waals surface area contributed by atoms with Gasteiger partial charge in [-0.05, 0) is 38.2 Å². The zero-order chi connectivity index (χ0) is 21.5. The first-order valence-electron chi connectivity index (χ1n) is 10.9. The molecule has 3 aromatic heterocycles. The zero-order valence-electron chi connectivity index (χ0n) is 18.3. The van der Waals surface area contributed by atoms with Crippen LogP contribution in [0.15, 0.2) is 29.3 Å². The van der Waals surface area contributed by atoms with Crippen LogP contribution in [0.4, 0.5) is 5.82 Å². The molecule has 1 aliphatic heterocycles. The molecule has 8 nitrogen and oxygen atoms in total. The summed E-state index contributed by atoms with van der Waals surface area (Å²) >= 11 is 0. The van der Waals surface area contributed by atoms with Gasteiger partial charge in [0.2, 0.25) is 0 Å². The van der Waals surface area contributed by atoms with Crippen molar-refractivity contribution in [3.05, 3.63) is 52.0 Å². The molecule has 3 aromatic rings. The van der Waals surface area contributed by atoms with Gasteiger partial charge in [-0.3, -0.25) is 14.0 Å². The van der Waals surface area contributed by atoms with Crippen LogP contribution in [0.2, 0.25) is 0 Å². The Morgan fingerprint density at radius 1 is 1.19 bits per heavy atom. The third kappa shape index (κ3) is 3.65. The van der Waals surface area contributed by atoms with Crippen molar-refractivity contribution >= 4 is 22.3 Å². The molecule has 0 saturated carbocycles. The van der Waals surface area contributed by atoms with Gasteiger partial charge in [-0.25, -0.2) is 9.97 Å². The molecule has 0 N–H and O–H groups in total. The van der Waals surface area contributed by atoms with Gasteiger partial charge in [-0.15, -0.1) is 0 Å². The fourth-order valence-electron chi connectivity index (χ4n) is 4.49. The van der Waals surface area contributed by atoms with Crippen molar-refractivity contribution in [2.24, 2.45) is 14.1 Å². The summed E-state index contributed by atoms with van der Waals surface area (Å²) < 4.78 is 9.42. The number of allylic oxidation sites excluding steroid dienone is 2. The summed E-state index contributed by atoms with van der Waals surface area (Å²) in [4.78, 5) is 25.2. The summed E-state index contributed by atoms with van der Waals surface area (Å²) in [5.74, 6) is 1.56. The monoisotopic (exact) mass is 420 g/mol. The predicted octanol–water partition coefficient (Wildman–Crippen LogP) is 2.91. The van der Waals surface area contributed by atoms with Crippen LogP contribution in [0.25, 0.3) is 16.5 Å². The molecule has 1 unspecified atom stereocenters. The van der Waals surface area contributed by atoms with Crippen molar-refractivity contribution in [2.75, 3.05) is 24.6 Å². The third-order valence-corrected chi connectivity index (χ3v) is 6.35. The van der Waals surface area contributed by atoms with Crippen LogP contribution in [0.3, 0.4) is 0 Å². The molecule has 0 spiro atoms. The van der Waals surface area contributed by atoms with Crippen molar-refractivity contribution in [1.82, 2.24) is 24.3 Å². The van der Waals surface area contributed by atoms with Crippen LogP contribution in [0.1, 0.15) is 48.9 Å². The maximum absolute atomic E-state index is 13.2. The van der Waals surface area contributed by atoms with Crippen LogP contribution in [-0.2, 0) is 18.8 Å². The summed E-state index contributed by atoms with van der Waals surface area (Å²) in [5.41, 5.74) is 3.71. The Morgan fingerprint density at radius 3 is 2.81 bits per heavy atom. The van der Waals surface area contributed by atoms with E-state index in [9.17, 15) is 4.79 Å². The first kappa shape index (κ1) is 19.9. The highest BCUT2D eigenvalue weighted by atomic mass is 16.5. The van der Waals surface area contributed by atoms with Crippen molar-refractivity contribution < 1.29 is 4.74 Å². The highest BCUT2D eigenvalue weighted by Gasteiger charge is 2.26. The number of aromatic nitrogens is 5. The number of hydrogen-bond acceptors (Lipinski definition) is 6. The van der Waals surface area contributed by atoms with Gasteiger partial charge in [0.05, 0.1) is 29.4 Å². The second-order valence-electron chi connectivity index (χ2n) is 8.47. The predicted molar refractivity (Wildman–Crippen MR) is 120 cm³/mol. The van der Waals surface area contributed by atoms with Gasteiger partial charge < -0.3 is 9.64 Å². The minimum atomic E-state index is -0.0596. The Kier molecular flexibility index (Phi) is 5.09. The molecule has 2 aliphatic rings. The topological polar surface area (TPSA) is 78.1 Å². The van der Waals surface area contributed by atoms with Crippen LogP contribution in [0, 0.1) is 6.92 Å². The average molecular weight is 421 g/mol. The standard InChI is InChI=1S/C23H28N6O2/c1-15-25-18-11-20(29-9-10-31-19(14-29)17-12-24-27(2)13-17)26-22(16-7-5-4-6-8-16)21(18)23(30)28(15)3/h7,11-13,19H,4-6,8-10,14H2,1-3H3. The highest BCUT2D eigenvalue weighted by molar-refractivity contribution is 5.91. The van der Waals surface area contributed by atoms with Gasteiger partial charge in [0.15, 0.2) is 0 Å². The fraction of sp³-hybridized carbons (Fsp3) is 0.478. The molecule has 0 bridgehead atoms. The lowest BCUT2D eigenvalue weighted by atomic mass is 9.95. The van der Waals surface area contributed by atoms with E-state index < -0.39 is 0 Å².